The summed E-state index contributed by atoms with van der Waals surface area (Å²) < 4.78 is 1.96. The fourth-order valence-corrected chi connectivity index (χ4v) is 2.66. The number of halogens is 1. The van der Waals surface area contributed by atoms with E-state index in [1.807, 2.05) is 10.9 Å². The molecule has 0 bridgehead atoms. The Morgan fingerprint density at radius 1 is 1.53 bits per heavy atom. The maximum absolute atomic E-state index is 4.08. The molecule has 1 saturated heterocycles. The second-order valence-electron chi connectivity index (χ2n) is 4.08. The van der Waals surface area contributed by atoms with Gasteiger partial charge in [-0.25, -0.2) is 4.68 Å². The molecule has 0 aliphatic carbocycles. The van der Waals surface area contributed by atoms with E-state index in [0.29, 0.717) is 10.9 Å². The average Bonchev–Trinajstić information content (AvgIpc) is 2.69. The number of aromatic nitrogens is 3. The minimum absolute atomic E-state index is 0.586. The molecule has 15 heavy (non-hydrogen) atoms. The summed E-state index contributed by atoms with van der Waals surface area (Å²) in [6, 6.07) is 0.586. The Bertz CT molecular complexity index is 325. The molecule has 0 N–H and O–H groups in total. The van der Waals surface area contributed by atoms with Crippen molar-refractivity contribution in [1.29, 1.82) is 0 Å². The molecular formula is C10H17BrN4. The molecule has 2 rings (SSSR count). The van der Waals surface area contributed by atoms with Crippen LogP contribution >= 0.6 is 15.9 Å². The third-order valence-electron chi connectivity index (χ3n) is 3.02. The predicted molar refractivity (Wildman–Crippen MR) is 64.5 cm³/mol. The molecule has 0 amide bonds. The first kappa shape index (κ1) is 10.9. The smallest absolute Gasteiger partial charge is 0.147 e. The predicted octanol–water partition coefficient (Wildman–Crippen LogP) is 2.05. The van der Waals surface area contributed by atoms with Gasteiger partial charge in [0.1, 0.15) is 5.82 Å². The highest BCUT2D eigenvalue weighted by Crippen LogP contribution is 2.26. The molecule has 0 saturated carbocycles. The number of nitrogens with zero attached hydrogens (tertiary/aromatic N) is 4. The summed E-state index contributed by atoms with van der Waals surface area (Å²) in [5.41, 5.74) is 0. The van der Waals surface area contributed by atoms with Gasteiger partial charge in [0.15, 0.2) is 0 Å². The summed E-state index contributed by atoms with van der Waals surface area (Å²) >= 11 is 3.70. The number of alkyl halides is 1. The monoisotopic (exact) mass is 272 g/mol. The number of anilines is 1. The Hall–Kier alpha value is -0.580. The van der Waals surface area contributed by atoms with Crippen molar-refractivity contribution in [2.45, 2.75) is 44.1 Å². The van der Waals surface area contributed by atoms with Crippen molar-refractivity contribution in [3.05, 3.63) is 6.20 Å². The third kappa shape index (κ3) is 2.17. The van der Waals surface area contributed by atoms with E-state index in [2.05, 4.69) is 45.0 Å². The van der Waals surface area contributed by atoms with Gasteiger partial charge >= 0.3 is 0 Å². The molecule has 1 fully saturated rings. The first-order valence-corrected chi connectivity index (χ1v) is 6.43. The normalized spacial score (nSPS) is 27.0. The molecule has 0 aromatic carbocycles. The van der Waals surface area contributed by atoms with E-state index in [1.165, 1.54) is 12.8 Å². The van der Waals surface area contributed by atoms with Crippen molar-refractivity contribution in [1.82, 2.24) is 15.0 Å². The van der Waals surface area contributed by atoms with Crippen molar-refractivity contribution >= 4 is 21.7 Å². The number of hydrogen-bond donors (Lipinski definition) is 0. The molecule has 1 aromatic heterocycles. The molecule has 1 aliphatic rings. The zero-order chi connectivity index (χ0) is 10.8. The van der Waals surface area contributed by atoms with E-state index in [1.54, 1.807) is 0 Å². The average molecular weight is 273 g/mol. The van der Waals surface area contributed by atoms with E-state index in [0.717, 1.165) is 18.9 Å². The van der Waals surface area contributed by atoms with Crippen LogP contribution in [0.4, 0.5) is 5.82 Å². The Morgan fingerprint density at radius 2 is 2.33 bits per heavy atom. The zero-order valence-corrected chi connectivity index (χ0v) is 10.8. The van der Waals surface area contributed by atoms with Crippen LogP contribution in [0.3, 0.4) is 0 Å². The molecule has 0 spiro atoms. The van der Waals surface area contributed by atoms with Gasteiger partial charge in [-0.15, -0.1) is 5.10 Å². The molecule has 2 atom stereocenters. The van der Waals surface area contributed by atoms with Gasteiger partial charge in [0.2, 0.25) is 0 Å². The van der Waals surface area contributed by atoms with Crippen LogP contribution in [0, 0.1) is 0 Å². The first-order valence-electron chi connectivity index (χ1n) is 5.51. The minimum atomic E-state index is 0.586. The van der Waals surface area contributed by atoms with Crippen LogP contribution in [-0.4, -0.2) is 32.4 Å². The SMILES string of the molecule is CCn1nncc1N1CC(Br)CCC1C. The van der Waals surface area contributed by atoms with E-state index in [-0.39, 0.29) is 0 Å². The van der Waals surface area contributed by atoms with Gasteiger partial charge in [-0.1, -0.05) is 21.1 Å². The van der Waals surface area contributed by atoms with E-state index >= 15 is 0 Å². The second kappa shape index (κ2) is 4.51. The van der Waals surface area contributed by atoms with Crippen molar-refractivity contribution in [2.24, 2.45) is 0 Å². The van der Waals surface area contributed by atoms with Crippen molar-refractivity contribution in [3.63, 3.8) is 0 Å². The number of piperidine rings is 1. The number of hydrogen-bond acceptors (Lipinski definition) is 3. The van der Waals surface area contributed by atoms with Crippen molar-refractivity contribution < 1.29 is 0 Å². The van der Waals surface area contributed by atoms with Crippen LogP contribution in [0.15, 0.2) is 6.20 Å². The quantitative estimate of drug-likeness (QED) is 0.773. The van der Waals surface area contributed by atoms with Crippen LogP contribution in [0.1, 0.15) is 26.7 Å². The zero-order valence-electron chi connectivity index (χ0n) is 9.23. The molecule has 84 valence electrons. The van der Waals surface area contributed by atoms with E-state index in [9.17, 15) is 0 Å². The molecule has 1 aromatic rings. The largest absolute Gasteiger partial charge is 0.352 e. The lowest BCUT2D eigenvalue weighted by molar-refractivity contribution is 0.479. The highest BCUT2D eigenvalue weighted by Gasteiger charge is 2.26. The molecule has 2 unspecified atom stereocenters. The molecular weight excluding hydrogens is 256 g/mol. The van der Waals surface area contributed by atoms with Gasteiger partial charge in [-0.3, -0.25) is 0 Å². The molecule has 4 nitrogen and oxygen atoms in total. The molecule has 1 aliphatic heterocycles. The van der Waals surface area contributed by atoms with Crippen LogP contribution in [0.2, 0.25) is 0 Å². The van der Waals surface area contributed by atoms with Gasteiger partial charge in [0, 0.05) is 24.0 Å². The van der Waals surface area contributed by atoms with Crippen LogP contribution in [0.25, 0.3) is 0 Å². The first-order chi connectivity index (χ1) is 7.22. The maximum Gasteiger partial charge on any atom is 0.147 e. The van der Waals surface area contributed by atoms with Gasteiger partial charge in [0.05, 0.1) is 6.20 Å². The molecule has 5 heteroatoms. The highest BCUT2D eigenvalue weighted by atomic mass is 79.9. The fraction of sp³-hybridized carbons (Fsp3) is 0.800. The van der Waals surface area contributed by atoms with Crippen LogP contribution in [0.5, 0.6) is 0 Å². The van der Waals surface area contributed by atoms with Gasteiger partial charge < -0.3 is 4.90 Å². The Morgan fingerprint density at radius 3 is 3.07 bits per heavy atom. The van der Waals surface area contributed by atoms with Gasteiger partial charge in [-0.2, -0.15) is 0 Å². The second-order valence-corrected chi connectivity index (χ2v) is 5.38. The summed E-state index contributed by atoms with van der Waals surface area (Å²) in [5.74, 6) is 1.15. The lowest BCUT2D eigenvalue weighted by Gasteiger charge is -2.37. The lowest BCUT2D eigenvalue weighted by Crippen LogP contribution is -2.43. The Labute approximate surface area is 98.8 Å². The minimum Gasteiger partial charge on any atom is -0.352 e. The summed E-state index contributed by atoms with van der Waals surface area (Å²) in [7, 11) is 0. The molecule has 2 heterocycles. The van der Waals surface area contributed by atoms with Gasteiger partial charge in [0.25, 0.3) is 0 Å². The molecule has 0 radical (unpaired) electrons. The summed E-state index contributed by atoms with van der Waals surface area (Å²) in [6.45, 7) is 6.30. The van der Waals surface area contributed by atoms with Gasteiger partial charge in [-0.05, 0) is 26.7 Å². The topological polar surface area (TPSA) is 34.0 Å². The Balaban J connectivity index is 2.20. The van der Waals surface area contributed by atoms with Crippen LogP contribution < -0.4 is 4.90 Å². The van der Waals surface area contributed by atoms with E-state index in [4.69, 9.17) is 0 Å². The van der Waals surface area contributed by atoms with Crippen LogP contribution in [-0.2, 0) is 6.54 Å². The number of rotatable bonds is 2. The highest BCUT2D eigenvalue weighted by molar-refractivity contribution is 9.09. The summed E-state index contributed by atoms with van der Waals surface area (Å²) in [5, 5.41) is 8.06. The number of aryl methyl sites for hydroxylation is 1. The lowest BCUT2D eigenvalue weighted by atomic mass is 10.0. The van der Waals surface area contributed by atoms with E-state index < -0.39 is 0 Å². The van der Waals surface area contributed by atoms with Crippen molar-refractivity contribution in [3.8, 4) is 0 Å². The summed E-state index contributed by atoms with van der Waals surface area (Å²) in [4.78, 5) is 2.99. The van der Waals surface area contributed by atoms with Crippen molar-refractivity contribution in [2.75, 3.05) is 11.4 Å². The third-order valence-corrected chi connectivity index (χ3v) is 3.76. The Kier molecular flexibility index (Phi) is 3.29. The summed E-state index contributed by atoms with van der Waals surface area (Å²) in [6.07, 6.45) is 4.35. The fourth-order valence-electron chi connectivity index (χ4n) is 2.08. The standard InChI is InChI=1S/C10H17BrN4/c1-3-15-10(6-12-13-15)14-7-9(11)5-4-8(14)2/h6,8-9H,3-5,7H2,1-2H3. The maximum atomic E-state index is 4.08.